The lowest BCUT2D eigenvalue weighted by Crippen LogP contribution is -2.00. The smallest absolute Gasteiger partial charge is 0.196 e. The summed E-state index contributed by atoms with van der Waals surface area (Å²) in [5.41, 5.74) is 4.35. The molecule has 0 saturated carbocycles. The van der Waals surface area contributed by atoms with Gasteiger partial charge in [0, 0.05) is 29.4 Å². The zero-order valence-electron chi connectivity index (χ0n) is 15.7. The van der Waals surface area contributed by atoms with Crippen LogP contribution in [-0.4, -0.2) is 26.9 Å². The molecule has 0 aliphatic rings. The third kappa shape index (κ3) is 3.92. The maximum absolute atomic E-state index is 5.32. The van der Waals surface area contributed by atoms with E-state index < -0.39 is 0 Å². The molecule has 4 rings (SSSR count). The molecule has 140 valence electrons. The minimum absolute atomic E-state index is 0.772. The van der Waals surface area contributed by atoms with Gasteiger partial charge in [0.25, 0.3) is 0 Å². The first-order valence-electron chi connectivity index (χ1n) is 8.93. The largest absolute Gasteiger partial charge is 0.497 e. The van der Waals surface area contributed by atoms with E-state index >= 15 is 0 Å². The molecule has 0 aliphatic heterocycles. The van der Waals surface area contributed by atoms with E-state index in [1.54, 1.807) is 25.1 Å². The van der Waals surface area contributed by atoms with Gasteiger partial charge in [-0.15, -0.1) is 10.2 Å². The molecule has 2 aromatic carbocycles. The number of thioether (sulfide) groups is 1. The van der Waals surface area contributed by atoms with Gasteiger partial charge in [0.1, 0.15) is 5.75 Å². The van der Waals surface area contributed by atoms with E-state index in [0.717, 1.165) is 33.7 Å². The van der Waals surface area contributed by atoms with E-state index in [4.69, 9.17) is 4.74 Å². The zero-order chi connectivity index (χ0) is 19.3. The van der Waals surface area contributed by atoms with Gasteiger partial charge in [0.2, 0.25) is 0 Å². The number of ether oxygens (including phenoxy) is 1. The molecule has 0 amide bonds. The van der Waals surface area contributed by atoms with E-state index in [-0.39, 0.29) is 0 Å². The monoisotopic (exact) mass is 388 g/mol. The van der Waals surface area contributed by atoms with Gasteiger partial charge in [-0.05, 0) is 48.9 Å². The Balaban J connectivity index is 1.70. The first-order valence-corrected chi connectivity index (χ1v) is 9.92. The molecule has 5 nitrogen and oxygen atoms in total. The van der Waals surface area contributed by atoms with Gasteiger partial charge in [0.05, 0.1) is 7.11 Å². The Kier molecular flexibility index (Phi) is 5.39. The number of rotatable bonds is 6. The third-order valence-electron chi connectivity index (χ3n) is 4.35. The van der Waals surface area contributed by atoms with Crippen LogP contribution in [0.2, 0.25) is 0 Å². The van der Waals surface area contributed by atoms with Crippen LogP contribution in [0.3, 0.4) is 0 Å². The van der Waals surface area contributed by atoms with E-state index in [0.29, 0.717) is 0 Å². The maximum atomic E-state index is 5.32. The third-order valence-corrected chi connectivity index (χ3v) is 5.35. The molecule has 0 saturated heterocycles. The fourth-order valence-electron chi connectivity index (χ4n) is 2.88. The standard InChI is InChI=1S/C22H20N4OS/c1-16-8-10-19(11-9-16)26-21(18-6-4-12-23-14-18)24-25-22(26)28-15-17-5-3-7-20(13-17)27-2/h3-14H,15H2,1-2H3. The Morgan fingerprint density at radius 3 is 2.61 bits per heavy atom. The van der Waals surface area contributed by atoms with Gasteiger partial charge < -0.3 is 4.74 Å². The van der Waals surface area contributed by atoms with Crippen molar-refractivity contribution in [3.8, 4) is 22.8 Å². The van der Waals surface area contributed by atoms with E-state index in [9.17, 15) is 0 Å². The SMILES string of the molecule is COc1cccc(CSc2nnc(-c3cccnc3)n2-c2ccc(C)cc2)c1. The summed E-state index contributed by atoms with van der Waals surface area (Å²) in [5, 5.41) is 9.76. The van der Waals surface area contributed by atoms with Crippen molar-refractivity contribution in [3.63, 3.8) is 0 Å². The number of benzene rings is 2. The van der Waals surface area contributed by atoms with Crippen molar-refractivity contribution < 1.29 is 4.74 Å². The van der Waals surface area contributed by atoms with Gasteiger partial charge in [0.15, 0.2) is 11.0 Å². The number of nitrogens with zero attached hydrogens (tertiary/aromatic N) is 4. The Labute approximate surface area is 168 Å². The average Bonchev–Trinajstić information content (AvgIpc) is 3.17. The quantitative estimate of drug-likeness (QED) is 0.438. The van der Waals surface area contributed by atoms with Crippen LogP contribution in [0.4, 0.5) is 0 Å². The summed E-state index contributed by atoms with van der Waals surface area (Å²) in [5.74, 6) is 2.41. The van der Waals surface area contributed by atoms with E-state index in [1.807, 2.05) is 36.5 Å². The predicted octanol–water partition coefficient (Wildman–Crippen LogP) is 4.94. The van der Waals surface area contributed by atoms with Gasteiger partial charge in [-0.1, -0.05) is 41.6 Å². The van der Waals surface area contributed by atoms with Gasteiger partial charge in [-0.3, -0.25) is 9.55 Å². The lowest BCUT2D eigenvalue weighted by molar-refractivity contribution is 0.414. The van der Waals surface area contributed by atoms with Crippen molar-refractivity contribution in [1.82, 2.24) is 19.7 Å². The average molecular weight is 388 g/mol. The van der Waals surface area contributed by atoms with Crippen LogP contribution >= 0.6 is 11.8 Å². The molecule has 2 heterocycles. The minimum Gasteiger partial charge on any atom is -0.497 e. The lowest BCUT2D eigenvalue weighted by Gasteiger charge is -2.11. The molecular formula is C22H20N4OS. The summed E-state index contributed by atoms with van der Waals surface area (Å²) in [6.07, 6.45) is 3.57. The van der Waals surface area contributed by atoms with Crippen molar-refractivity contribution >= 4 is 11.8 Å². The lowest BCUT2D eigenvalue weighted by atomic mass is 10.2. The van der Waals surface area contributed by atoms with Gasteiger partial charge in [-0.2, -0.15) is 0 Å². The highest BCUT2D eigenvalue weighted by atomic mass is 32.2. The second-order valence-corrected chi connectivity index (χ2v) is 7.30. The second kappa shape index (κ2) is 8.27. The Morgan fingerprint density at radius 1 is 1.00 bits per heavy atom. The van der Waals surface area contributed by atoms with Crippen molar-refractivity contribution in [2.24, 2.45) is 0 Å². The van der Waals surface area contributed by atoms with Crippen LogP contribution in [0.5, 0.6) is 5.75 Å². The molecule has 4 aromatic rings. The van der Waals surface area contributed by atoms with Crippen LogP contribution in [0, 0.1) is 6.92 Å². The Bertz CT molecular complexity index is 1060. The molecule has 0 aliphatic carbocycles. The highest BCUT2D eigenvalue weighted by molar-refractivity contribution is 7.98. The Morgan fingerprint density at radius 2 is 1.86 bits per heavy atom. The summed E-state index contributed by atoms with van der Waals surface area (Å²) in [6, 6.07) is 20.4. The minimum atomic E-state index is 0.772. The molecule has 2 aromatic heterocycles. The summed E-state index contributed by atoms with van der Waals surface area (Å²) in [6.45, 7) is 2.08. The maximum Gasteiger partial charge on any atom is 0.196 e. The van der Waals surface area contributed by atoms with Crippen molar-refractivity contribution in [1.29, 1.82) is 0 Å². The zero-order valence-corrected chi connectivity index (χ0v) is 16.6. The fraction of sp³-hybridized carbons (Fsp3) is 0.136. The fourth-order valence-corrected chi connectivity index (χ4v) is 3.78. The molecule has 0 spiro atoms. The molecule has 0 unspecified atom stereocenters. The van der Waals surface area contributed by atoms with E-state index in [2.05, 4.69) is 57.0 Å². The van der Waals surface area contributed by atoms with E-state index in [1.165, 1.54) is 11.1 Å². The normalized spacial score (nSPS) is 10.8. The summed E-state index contributed by atoms with van der Waals surface area (Å²) in [4.78, 5) is 4.23. The number of methoxy groups -OCH3 is 1. The first-order chi connectivity index (χ1) is 13.7. The van der Waals surface area contributed by atoms with Crippen LogP contribution in [-0.2, 0) is 5.75 Å². The molecule has 0 bridgehead atoms. The summed E-state index contributed by atoms with van der Waals surface area (Å²) < 4.78 is 7.41. The topological polar surface area (TPSA) is 52.8 Å². The second-order valence-electron chi connectivity index (χ2n) is 6.36. The van der Waals surface area contributed by atoms with Crippen LogP contribution in [0.25, 0.3) is 17.1 Å². The van der Waals surface area contributed by atoms with Crippen LogP contribution in [0.1, 0.15) is 11.1 Å². The highest BCUT2D eigenvalue weighted by Crippen LogP contribution is 2.30. The summed E-state index contributed by atoms with van der Waals surface area (Å²) in [7, 11) is 1.68. The highest BCUT2D eigenvalue weighted by Gasteiger charge is 2.16. The number of pyridine rings is 1. The molecule has 0 radical (unpaired) electrons. The van der Waals surface area contributed by atoms with Crippen LogP contribution < -0.4 is 4.74 Å². The molecular weight excluding hydrogens is 368 g/mol. The van der Waals surface area contributed by atoms with Gasteiger partial charge >= 0.3 is 0 Å². The van der Waals surface area contributed by atoms with Crippen molar-refractivity contribution in [3.05, 3.63) is 84.2 Å². The number of aryl methyl sites for hydroxylation is 1. The molecule has 0 N–H and O–H groups in total. The van der Waals surface area contributed by atoms with Crippen LogP contribution in [0.15, 0.2) is 78.2 Å². The number of hydrogen-bond acceptors (Lipinski definition) is 5. The Hall–Kier alpha value is -3.12. The summed E-state index contributed by atoms with van der Waals surface area (Å²) >= 11 is 1.65. The molecule has 6 heteroatoms. The molecule has 28 heavy (non-hydrogen) atoms. The number of hydrogen-bond donors (Lipinski definition) is 0. The molecule has 0 atom stereocenters. The van der Waals surface area contributed by atoms with Gasteiger partial charge in [-0.25, -0.2) is 0 Å². The van der Waals surface area contributed by atoms with Crippen molar-refractivity contribution in [2.75, 3.05) is 7.11 Å². The molecule has 0 fully saturated rings. The first kappa shape index (κ1) is 18.3. The number of aromatic nitrogens is 4. The van der Waals surface area contributed by atoms with Crippen molar-refractivity contribution in [2.45, 2.75) is 17.8 Å². The predicted molar refractivity (Wildman–Crippen MR) is 112 cm³/mol.